The molecule has 2 heterocycles. The number of carbonyl (C=O) groups excluding carboxylic acids is 1. The van der Waals surface area contributed by atoms with E-state index >= 15 is 0 Å². The fourth-order valence-electron chi connectivity index (χ4n) is 3.76. The summed E-state index contributed by atoms with van der Waals surface area (Å²) in [5.74, 6) is -0.550. The maximum atomic E-state index is 13.7. The second-order valence-corrected chi connectivity index (χ2v) is 7.84. The second-order valence-electron chi connectivity index (χ2n) is 7.84. The molecule has 0 aliphatic heterocycles. The molecule has 9 heteroatoms. The van der Waals surface area contributed by atoms with Gasteiger partial charge in [-0.25, -0.2) is 4.68 Å². The third-order valence-electron chi connectivity index (χ3n) is 5.31. The molecule has 33 heavy (non-hydrogen) atoms. The van der Waals surface area contributed by atoms with E-state index in [0.717, 1.165) is 11.5 Å². The number of hydrogen-bond acceptors (Lipinski definition) is 3. The summed E-state index contributed by atoms with van der Waals surface area (Å²) in [6.45, 7) is 3.20. The minimum Gasteiger partial charge on any atom is -0.352 e. The van der Waals surface area contributed by atoms with Gasteiger partial charge in [-0.1, -0.05) is 24.3 Å². The Morgan fingerprint density at radius 3 is 2.52 bits per heavy atom. The van der Waals surface area contributed by atoms with Gasteiger partial charge in [-0.2, -0.15) is 18.3 Å². The zero-order valence-corrected chi connectivity index (χ0v) is 18.0. The van der Waals surface area contributed by atoms with E-state index in [1.54, 1.807) is 50.2 Å². The van der Waals surface area contributed by atoms with Gasteiger partial charge in [-0.05, 0) is 55.1 Å². The predicted octanol–water partition coefficient (Wildman–Crippen LogP) is 4.21. The lowest BCUT2D eigenvalue weighted by Crippen LogP contribution is -2.28. The normalized spacial score (nSPS) is 11.7. The minimum atomic E-state index is -4.61. The van der Waals surface area contributed by atoms with Gasteiger partial charge >= 0.3 is 6.18 Å². The van der Waals surface area contributed by atoms with Gasteiger partial charge in [0.15, 0.2) is 0 Å². The summed E-state index contributed by atoms with van der Waals surface area (Å²) in [4.78, 5) is 27.4. The van der Waals surface area contributed by atoms with Crippen LogP contribution < -0.4 is 10.9 Å². The summed E-state index contributed by atoms with van der Waals surface area (Å²) in [6.07, 6.45) is -4.85. The highest BCUT2D eigenvalue weighted by atomic mass is 19.4. The SMILES string of the molecule is Cc1cc(C)n(-c2ccc(CNC(=O)Cc3cc4ccccc4[nH]c3=O)c(C(F)(F)F)c2)n1. The number of aryl methyl sites for hydroxylation is 2. The van der Waals surface area contributed by atoms with Gasteiger partial charge in [-0.3, -0.25) is 9.59 Å². The first-order valence-electron chi connectivity index (χ1n) is 10.2. The van der Waals surface area contributed by atoms with Gasteiger partial charge in [0.25, 0.3) is 5.56 Å². The lowest BCUT2D eigenvalue weighted by Gasteiger charge is -2.16. The molecule has 4 aromatic rings. The number of para-hydroxylation sites is 1. The highest BCUT2D eigenvalue weighted by Crippen LogP contribution is 2.33. The van der Waals surface area contributed by atoms with E-state index in [-0.39, 0.29) is 29.8 Å². The number of aromatic amines is 1. The first-order valence-corrected chi connectivity index (χ1v) is 10.2. The molecule has 0 saturated carbocycles. The maximum absolute atomic E-state index is 13.7. The zero-order chi connectivity index (χ0) is 23.8. The van der Waals surface area contributed by atoms with Crippen LogP contribution in [0.25, 0.3) is 16.6 Å². The molecule has 0 atom stereocenters. The number of nitrogens with one attached hydrogen (secondary N) is 2. The van der Waals surface area contributed by atoms with Crippen LogP contribution in [0.3, 0.4) is 0 Å². The van der Waals surface area contributed by atoms with Crippen molar-refractivity contribution in [3.8, 4) is 5.69 Å². The van der Waals surface area contributed by atoms with E-state index in [9.17, 15) is 22.8 Å². The number of halogens is 3. The number of benzene rings is 2. The lowest BCUT2D eigenvalue weighted by molar-refractivity contribution is -0.138. The van der Waals surface area contributed by atoms with Crippen molar-refractivity contribution in [2.24, 2.45) is 0 Å². The molecule has 0 aliphatic carbocycles. The lowest BCUT2D eigenvalue weighted by atomic mass is 10.1. The van der Waals surface area contributed by atoms with Gasteiger partial charge < -0.3 is 10.3 Å². The van der Waals surface area contributed by atoms with Crippen LogP contribution in [0.4, 0.5) is 13.2 Å². The number of alkyl halides is 3. The van der Waals surface area contributed by atoms with E-state index in [1.807, 2.05) is 0 Å². The fraction of sp³-hybridized carbons (Fsp3) is 0.208. The van der Waals surface area contributed by atoms with Crippen LogP contribution in [0.1, 0.15) is 28.1 Å². The predicted molar refractivity (Wildman–Crippen MR) is 118 cm³/mol. The van der Waals surface area contributed by atoms with Crippen LogP contribution in [-0.2, 0) is 23.9 Å². The summed E-state index contributed by atoms with van der Waals surface area (Å²) in [7, 11) is 0. The number of amides is 1. The first-order chi connectivity index (χ1) is 15.6. The van der Waals surface area contributed by atoms with Crippen molar-refractivity contribution in [3.05, 3.63) is 93.0 Å². The van der Waals surface area contributed by atoms with Crippen molar-refractivity contribution < 1.29 is 18.0 Å². The molecule has 0 saturated heterocycles. The Labute approximate surface area is 187 Å². The summed E-state index contributed by atoms with van der Waals surface area (Å²) in [5.41, 5.74) is 1.24. The Bertz CT molecular complexity index is 1400. The van der Waals surface area contributed by atoms with E-state index in [1.165, 1.54) is 16.8 Å². The van der Waals surface area contributed by atoms with Gasteiger partial charge in [-0.15, -0.1) is 0 Å². The Balaban J connectivity index is 1.54. The van der Waals surface area contributed by atoms with E-state index < -0.39 is 23.2 Å². The molecule has 0 aliphatic rings. The van der Waals surface area contributed by atoms with Crippen LogP contribution in [0.15, 0.2) is 59.4 Å². The molecular weight excluding hydrogens is 433 g/mol. The van der Waals surface area contributed by atoms with Crippen LogP contribution in [0.5, 0.6) is 0 Å². The number of rotatable bonds is 5. The van der Waals surface area contributed by atoms with Crippen molar-refractivity contribution in [2.45, 2.75) is 33.0 Å². The molecule has 2 aromatic heterocycles. The molecule has 170 valence electrons. The largest absolute Gasteiger partial charge is 0.416 e. The molecule has 0 radical (unpaired) electrons. The van der Waals surface area contributed by atoms with E-state index in [0.29, 0.717) is 16.9 Å². The third-order valence-corrected chi connectivity index (χ3v) is 5.31. The summed E-state index contributed by atoms with van der Waals surface area (Å²) in [6, 6.07) is 14.4. The average Bonchev–Trinajstić information content (AvgIpc) is 3.10. The number of H-pyrrole nitrogens is 1. The molecule has 0 unspecified atom stereocenters. The summed E-state index contributed by atoms with van der Waals surface area (Å²) >= 11 is 0. The Kier molecular flexibility index (Phi) is 5.80. The standard InChI is InChI=1S/C24H21F3N4O2/c1-14-9-15(2)31(30-14)19-8-7-17(20(12-19)24(25,26)27)13-28-22(32)11-18-10-16-5-3-4-6-21(16)29-23(18)33/h3-10,12H,11,13H2,1-2H3,(H,28,32)(H,29,33). The van der Waals surface area contributed by atoms with Gasteiger partial charge in [0, 0.05) is 23.3 Å². The number of nitrogens with zero attached hydrogens (tertiary/aromatic N) is 2. The number of carbonyl (C=O) groups is 1. The average molecular weight is 454 g/mol. The molecule has 6 nitrogen and oxygen atoms in total. The Morgan fingerprint density at radius 1 is 1.06 bits per heavy atom. The van der Waals surface area contributed by atoms with Crippen molar-refractivity contribution in [3.63, 3.8) is 0 Å². The van der Waals surface area contributed by atoms with Crippen LogP contribution in [0.2, 0.25) is 0 Å². The smallest absolute Gasteiger partial charge is 0.352 e. The van der Waals surface area contributed by atoms with Gasteiger partial charge in [0.2, 0.25) is 5.91 Å². The van der Waals surface area contributed by atoms with Crippen molar-refractivity contribution >= 4 is 16.8 Å². The van der Waals surface area contributed by atoms with Crippen LogP contribution in [-0.4, -0.2) is 20.7 Å². The fourth-order valence-corrected chi connectivity index (χ4v) is 3.76. The number of pyridine rings is 1. The quantitative estimate of drug-likeness (QED) is 0.474. The van der Waals surface area contributed by atoms with Crippen molar-refractivity contribution in [1.82, 2.24) is 20.1 Å². The number of fused-ring (bicyclic) bond motifs is 1. The van der Waals surface area contributed by atoms with Gasteiger partial charge in [0.05, 0.1) is 23.4 Å². The minimum absolute atomic E-state index is 0.0754. The number of aromatic nitrogens is 3. The molecule has 0 spiro atoms. The van der Waals surface area contributed by atoms with Crippen molar-refractivity contribution in [1.29, 1.82) is 0 Å². The maximum Gasteiger partial charge on any atom is 0.416 e. The van der Waals surface area contributed by atoms with Crippen molar-refractivity contribution in [2.75, 3.05) is 0 Å². The van der Waals surface area contributed by atoms with E-state index in [4.69, 9.17) is 0 Å². The first kappa shape index (κ1) is 22.3. The highest BCUT2D eigenvalue weighted by molar-refractivity contribution is 5.82. The van der Waals surface area contributed by atoms with Crippen LogP contribution >= 0.6 is 0 Å². The molecule has 1 amide bonds. The molecule has 0 bridgehead atoms. The van der Waals surface area contributed by atoms with Crippen LogP contribution in [0, 0.1) is 13.8 Å². The topological polar surface area (TPSA) is 79.8 Å². The molecule has 2 N–H and O–H groups in total. The number of hydrogen-bond donors (Lipinski definition) is 2. The Morgan fingerprint density at radius 2 is 1.82 bits per heavy atom. The molecule has 4 rings (SSSR count). The third kappa shape index (κ3) is 4.82. The zero-order valence-electron chi connectivity index (χ0n) is 18.0. The molecule has 0 fully saturated rings. The Hall–Kier alpha value is -3.88. The second kappa shape index (κ2) is 8.57. The molecular formula is C24H21F3N4O2. The highest BCUT2D eigenvalue weighted by Gasteiger charge is 2.34. The molecule has 2 aromatic carbocycles. The van der Waals surface area contributed by atoms with E-state index in [2.05, 4.69) is 15.4 Å². The summed E-state index contributed by atoms with van der Waals surface area (Å²) < 4.78 is 42.6. The monoisotopic (exact) mass is 454 g/mol. The summed E-state index contributed by atoms with van der Waals surface area (Å²) in [5, 5.41) is 7.49. The van der Waals surface area contributed by atoms with Gasteiger partial charge in [0.1, 0.15) is 0 Å².